The Morgan fingerprint density at radius 3 is 2.16 bits per heavy atom. The third-order valence-electron chi connectivity index (χ3n) is 5.69. The second-order valence-electron chi connectivity index (χ2n) is 8.46. The Morgan fingerprint density at radius 1 is 0.960 bits per heavy atom. The predicted molar refractivity (Wildman–Crippen MR) is 106 cm³/mol. The van der Waals surface area contributed by atoms with Gasteiger partial charge in [-0.1, -0.05) is 56.6 Å². The average molecular weight is 356 g/mol. The monoisotopic (exact) mass is 355 g/mol. The molecule has 2 nitrogen and oxygen atoms in total. The molecule has 132 valence electrons. The second kappa shape index (κ2) is 6.17. The fourth-order valence-electron chi connectivity index (χ4n) is 3.91. The van der Waals surface area contributed by atoms with Crippen molar-refractivity contribution in [1.82, 2.24) is 0 Å². The minimum atomic E-state index is 0.157. The fourth-order valence-corrected chi connectivity index (χ4v) is 4.13. The molecule has 0 radical (unpaired) electrons. The van der Waals surface area contributed by atoms with Crippen molar-refractivity contribution >= 4 is 17.8 Å². The van der Waals surface area contributed by atoms with Gasteiger partial charge in [0, 0.05) is 10.6 Å². The molecular weight excluding hydrogens is 330 g/mol. The van der Waals surface area contributed by atoms with Gasteiger partial charge >= 0.3 is 0 Å². The van der Waals surface area contributed by atoms with Gasteiger partial charge < -0.3 is 5.21 Å². The minimum absolute atomic E-state index is 0.157. The Morgan fingerprint density at radius 2 is 1.56 bits per heavy atom. The number of hydrogen-bond acceptors (Lipinski definition) is 2. The molecule has 0 fully saturated rings. The van der Waals surface area contributed by atoms with E-state index in [-0.39, 0.29) is 10.8 Å². The lowest BCUT2D eigenvalue weighted by Gasteiger charge is -2.42. The SMILES string of the molecule is Cc1cc2c(cc1-c1cc(/C=N/O)ccc1Cl)C(C)(C)CCC2(C)C. The van der Waals surface area contributed by atoms with Gasteiger partial charge in [0.25, 0.3) is 0 Å². The first kappa shape index (κ1) is 18.0. The number of halogens is 1. The van der Waals surface area contributed by atoms with Crippen LogP contribution in [-0.4, -0.2) is 11.4 Å². The number of oxime groups is 1. The van der Waals surface area contributed by atoms with E-state index in [0.29, 0.717) is 5.02 Å². The highest BCUT2D eigenvalue weighted by Gasteiger charge is 2.37. The van der Waals surface area contributed by atoms with Crippen LogP contribution in [0.3, 0.4) is 0 Å². The molecule has 0 aromatic heterocycles. The molecule has 2 aromatic rings. The molecular formula is C22H26ClNO. The zero-order valence-electron chi connectivity index (χ0n) is 15.7. The van der Waals surface area contributed by atoms with Crippen LogP contribution in [-0.2, 0) is 10.8 Å². The number of aryl methyl sites for hydroxylation is 1. The molecule has 0 saturated carbocycles. The van der Waals surface area contributed by atoms with Crippen molar-refractivity contribution in [3.63, 3.8) is 0 Å². The standard InChI is InChI=1S/C22H26ClNO/c1-14-10-18-19(22(4,5)9-8-21(18,2)3)12-16(14)17-11-15(13-24-25)6-7-20(17)23/h6-7,10-13,25H,8-9H2,1-5H3/b24-13+. The Labute approximate surface area is 155 Å². The van der Waals surface area contributed by atoms with E-state index in [1.807, 2.05) is 18.2 Å². The maximum absolute atomic E-state index is 8.83. The smallest absolute Gasteiger partial charge is 0.0734 e. The molecule has 1 N–H and O–H groups in total. The summed E-state index contributed by atoms with van der Waals surface area (Å²) in [5.74, 6) is 0. The Balaban J connectivity index is 2.25. The zero-order chi connectivity index (χ0) is 18.4. The molecule has 0 amide bonds. The highest BCUT2D eigenvalue weighted by molar-refractivity contribution is 6.33. The van der Waals surface area contributed by atoms with Crippen molar-refractivity contribution in [3.8, 4) is 11.1 Å². The number of benzene rings is 2. The number of hydrogen-bond donors (Lipinski definition) is 1. The summed E-state index contributed by atoms with van der Waals surface area (Å²) in [5, 5.41) is 12.7. The third-order valence-corrected chi connectivity index (χ3v) is 6.01. The van der Waals surface area contributed by atoms with Gasteiger partial charge in [-0.2, -0.15) is 0 Å². The average Bonchev–Trinajstić information content (AvgIpc) is 2.54. The zero-order valence-corrected chi connectivity index (χ0v) is 16.4. The predicted octanol–water partition coefficient (Wildman–Crippen LogP) is 6.47. The summed E-state index contributed by atoms with van der Waals surface area (Å²) >= 11 is 6.51. The van der Waals surface area contributed by atoms with E-state index in [2.05, 4.69) is 51.9 Å². The van der Waals surface area contributed by atoms with Crippen LogP contribution in [0.25, 0.3) is 11.1 Å². The largest absolute Gasteiger partial charge is 0.411 e. The maximum Gasteiger partial charge on any atom is 0.0734 e. The van der Waals surface area contributed by atoms with Crippen molar-refractivity contribution < 1.29 is 5.21 Å². The number of nitrogens with zero attached hydrogens (tertiary/aromatic N) is 1. The van der Waals surface area contributed by atoms with E-state index < -0.39 is 0 Å². The van der Waals surface area contributed by atoms with Crippen LogP contribution in [0.5, 0.6) is 0 Å². The van der Waals surface area contributed by atoms with Gasteiger partial charge in [-0.25, -0.2) is 0 Å². The van der Waals surface area contributed by atoms with E-state index in [1.54, 1.807) is 0 Å². The Bertz CT molecular complexity index is 849. The van der Waals surface area contributed by atoms with Crippen LogP contribution < -0.4 is 0 Å². The van der Waals surface area contributed by atoms with Gasteiger partial charge in [0.05, 0.1) is 6.21 Å². The van der Waals surface area contributed by atoms with E-state index >= 15 is 0 Å². The highest BCUT2D eigenvalue weighted by Crippen LogP contribution is 2.48. The molecule has 1 aliphatic carbocycles. The molecule has 0 aliphatic heterocycles. The number of fused-ring (bicyclic) bond motifs is 1. The van der Waals surface area contributed by atoms with Gasteiger partial charge in [-0.3, -0.25) is 0 Å². The van der Waals surface area contributed by atoms with Gasteiger partial charge in [-0.05, 0) is 76.6 Å². The summed E-state index contributed by atoms with van der Waals surface area (Å²) in [6, 6.07) is 10.4. The first-order valence-corrected chi connectivity index (χ1v) is 9.16. The maximum atomic E-state index is 8.83. The summed E-state index contributed by atoms with van der Waals surface area (Å²) in [5.41, 5.74) is 7.42. The van der Waals surface area contributed by atoms with Gasteiger partial charge in [-0.15, -0.1) is 0 Å². The van der Waals surface area contributed by atoms with Crippen molar-refractivity contribution in [2.24, 2.45) is 5.16 Å². The first-order chi connectivity index (χ1) is 11.7. The van der Waals surface area contributed by atoms with Crippen LogP contribution in [0.2, 0.25) is 5.02 Å². The van der Waals surface area contributed by atoms with Crippen LogP contribution >= 0.6 is 11.6 Å². The van der Waals surface area contributed by atoms with E-state index in [1.165, 1.54) is 35.7 Å². The molecule has 2 aromatic carbocycles. The molecule has 0 saturated heterocycles. The normalized spacial score (nSPS) is 18.3. The minimum Gasteiger partial charge on any atom is -0.411 e. The molecule has 25 heavy (non-hydrogen) atoms. The molecule has 1 aliphatic rings. The second-order valence-corrected chi connectivity index (χ2v) is 8.87. The van der Waals surface area contributed by atoms with Crippen LogP contribution in [0.15, 0.2) is 35.5 Å². The van der Waals surface area contributed by atoms with Gasteiger partial charge in [0.15, 0.2) is 0 Å². The lowest BCUT2D eigenvalue weighted by molar-refractivity contribution is 0.322. The lowest BCUT2D eigenvalue weighted by Crippen LogP contribution is -2.34. The lowest BCUT2D eigenvalue weighted by atomic mass is 9.62. The molecule has 3 rings (SSSR count). The molecule has 0 atom stereocenters. The molecule has 0 spiro atoms. The summed E-state index contributed by atoms with van der Waals surface area (Å²) < 4.78 is 0. The summed E-state index contributed by atoms with van der Waals surface area (Å²) in [7, 11) is 0. The quantitative estimate of drug-likeness (QED) is 0.373. The van der Waals surface area contributed by atoms with Gasteiger partial charge in [0.1, 0.15) is 0 Å². The van der Waals surface area contributed by atoms with Gasteiger partial charge in [0.2, 0.25) is 0 Å². The molecule has 0 bridgehead atoms. The van der Waals surface area contributed by atoms with Crippen LogP contribution in [0.1, 0.15) is 62.8 Å². The third kappa shape index (κ3) is 3.20. The summed E-state index contributed by atoms with van der Waals surface area (Å²) in [6.07, 6.45) is 3.82. The van der Waals surface area contributed by atoms with E-state index in [0.717, 1.165) is 16.7 Å². The Kier molecular flexibility index (Phi) is 4.45. The fraction of sp³-hybridized carbons (Fsp3) is 0.409. The van der Waals surface area contributed by atoms with E-state index in [4.69, 9.17) is 16.8 Å². The highest BCUT2D eigenvalue weighted by atomic mass is 35.5. The van der Waals surface area contributed by atoms with E-state index in [9.17, 15) is 0 Å². The van der Waals surface area contributed by atoms with Crippen molar-refractivity contribution in [2.45, 2.75) is 58.3 Å². The Hall–Kier alpha value is -1.80. The van der Waals surface area contributed by atoms with Crippen LogP contribution in [0.4, 0.5) is 0 Å². The first-order valence-electron chi connectivity index (χ1n) is 8.79. The molecule has 0 unspecified atom stereocenters. The van der Waals surface area contributed by atoms with Crippen molar-refractivity contribution in [2.75, 3.05) is 0 Å². The summed E-state index contributed by atoms with van der Waals surface area (Å²) in [6.45, 7) is 11.5. The van der Waals surface area contributed by atoms with Crippen molar-refractivity contribution in [1.29, 1.82) is 0 Å². The van der Waals surface area contributed by atoms with Crippen molar-refractivity contribution in [3.05, 3.63) is 57.6 Å². The topological polar surface area (TPSA) is 32.6 Å². The summed E-state index contributed by atoms with van der Waals surface area (Å²) in [4.78, 5) is 0. The van der Waals surface area contributed by atoms with Crippen LogP contribution in [0, 0.1) is 6.92 Å². The molecule has 3 heteroatoms. The molecule has 0 heterocycles. The number of rotatable bonds is 2.